The van der Waals surface area contributed by atoms with Crippen LogP contribution < -0.4 is 4.74 Å². The van der Waals surface area contributed by atoms with Gasteiger partial charge in [0.15, 0.2) is 0 Å². The summed E-state index contributed by atoms with van der Waals surface area (Å²) in [5, 5.41) is 2.21. The summed E-state index contributed by atoms with van der Waals surface area (Å²) in [7, 11) is 1.67. The van der Waals surface area contributed by atoms with E-state index in [1.54, 1.807) is 7.11 Å². The van der Waals surface area contributed by atoms with Gasteiger partial charge in [-0.15, -0.1) is 0 Å². The van der Waals surface area contributed by atoms with E-state index in [1.807, 2.05) is 18.3 Å². The molecule has 0 aliphatic carbocycles. The fourth-order valence-electron chi connectivity index (χ4n) is 2.96. The average Bonchev–Trinajstić information content (AvgIpc) is 3.07. The van der Waals surface area contributed by atoms with Crippen LogP contribution in [-0.4, -0.2) is 16.7 Å². The Kier molecular flexibility index (Phi) is 4.31. The second-order valence-corrected chi connectivity index (χ2v) is 8.74. The number of nitrogens with one attached hydrogen (secondary N) is 1. The third kappa shape index (κ3) is 2.48. The van der Waals surface area contributed by atoms with Gasteiger partial charge in [0.1, 0.15) is 5.75 Å². The van der Waals surface area contributed by atoms with Gasteiger partial charge in [-0.05, 0) is 78.1 Å². The normalized spacial score (nSPS) is 11.5. The van der Waals surface area contributed by atoms with Crippen LogP contribution in [0.4, 0.5) is 0 Å². The summed E-state index contributed by atoms with van der Waals surface area (Å²) < 4.78 is 11.7. The molecule has 4 rings (SSSR count). The maximum Gasteiger partial charge on any atom is 0.144 e. The molecule has 2 aromatic heterocycles. The van der Waals surface area contributed by atoms with Crippen LogP contribution in [0, 0.1) is 0 Å². The Labute approximate surface area is 171 Å². The fraction of sp³-hybridized carbons (Fsp3) is 0.0588. The lowest BCUT2D eigenvalue weighted by Gasteiger charge is -2.14. The van der Waals surface area contributed by atoms with E-state index >= 15 is 0 Å². The minimum absolute atomic E-state index is 0.793. The number of hydrogen-bond acceptors (Lipinski definition) is 1. The topological polar surface area (TPSA) is 29.9 Å². The first kappa shape index (κ1) is 16.7. The number of halogens is 4. The zero-order valence-electron chi connectivity index (χ0n) is 12.3. The highest BCUT2D eigenvalue weighted by atomic mass is 79.9. The minimum Gasteiger partial charge on any atom is -0.495 e. The number of rotatable bonds is 2. The van der Waals surface area contributed by atoms with Crippen LogP contribution in [0.2, 0.25) is 0 Å². The third-order valence-corrected chi connectivity index (χ3v) is 6.27. The SMILES string of the molecule is COc1cc(Br)c(-n2c(Br)cc3cc(Br)ccc32)c2c(Br)c[nH]c12. The molecule has 0 saturated carbocycles. The molecule has 0 aliphatic rings. The summed E-state index contributed by atoms with van der Waals surface area (Å²) >= 11 is 14.6. The van der Waals surface area contributed by atoms with Gasteiger partial charge in [-0.2, -0.15) is 0 Å². The Hall–Kier alpha value is -0.760. The summed E-state index contributed by atoms with van der Waals surface area (Å²) in [6.45, 7) is 0. The highest BCUT2D eigenvalue weighted by Crippen LogP contribution is 2.43. The van der Waals surface area contributed by atoms with E-state index in [2.05, 4.69) is 91.5 Å². The van der Waals surface area contributed by atoms with Crippen molar-refractivity contribution in [3.63, 3.8) is 0 Å². The first-order valence-electron chi connectivity index (χ1n) is 7.01. The molecule has 1 N–H and O–H groups in total. The van der Waals surface area contributed by atoms with Crippen LogP contribution >= 0.6 is 63.7 Å². The number of aromatic nitrogens is 2. The number of H-pyrrole nitrogens is 1. The van der Waals surface area contributed by atoms with Crippen molar-refractivity contribution in [2.75, 3.05) is 7.11 Å². The Balaban J connectivity index is 2.17. The summed E-state index contributed by atoms with van der Waals surface area (Å²) in [6, 6.07) is 10.4. The standard InChI is InChI=1S/C17H10Br4N2O/c1-24-13-6-10(19)17(15-11(20)7-22-16(13)15)23-12-3-2-9(18)4-8(12)5-14(23)21/h2-7,22H,1H3. The van der Waals surface area contributed by atoms with E-state index in [0.717, 1.165) is 51.3 Å². The first-order chi connectivity index (χ1) is 11.5. The van der Waals surface area contributed by atoms with Crippen molar-refractivity contribution in [1.29, 1.82) is 0 Å². The Morgan fingerprint density at radius 1 is 1.00 bits per heavy atom. The molecule has 0 spiro atoms. The molecule has 0 aliphatic heterocycles. The molecule has 0 unspecified atom stereocenters. The third-order valence-electron chi connectivity index (χ3n) is 3.96. The van der Waals surface area contributed by atoms with Crippen LogP contribution in [0.15, 0.2) is 54.6 Å². The maximum absolute atomic E-state index is 5.52. The zero-order chi connectivity index (χ0) is 17.0. The number of methoxy groups -OCH3 is 1. The lowest BCUT2D eigenvalue weighted by molar-refractivity contribution is 0.418. The Bertz CT molecular complexity index is 1100. The van der Waals surface area contributed by atoms with E-state index in [-0.39, 0.29) is 0 Å². The lowest BCUT2D eigenvalue weighted by Crippen LogP contribution is -1.98. The van der Waals surface area contributed by atoms with Gasteiger partial charge in [-0.1, -0.05) is 15.9 Å². The van der Waals surface area contributed by atoms with Crippen LogP contribution in [0.3, 0.4) is 0 Å². The lowest BCUT2D eigenvalue weighted by atomic mass is 10.2. The molecule has 0 bridgehead atoms. The molecule has 4 aromatic rings. The van der Waals surface area contributed by atoms with Gasteiger partial charge in [0.25, 0.3) is 0 Å². The molecule has 0 saturated heterocycles. The Morgan fingerprint density at radius 3 is 2.54 bits per heavy atom. The molecule has 2 aromatic carbocycles. The monoisotopic (exact) mass is 574 g/mol. The first-order valence-corrected chi connectivity index (χ1v) is 10.2. The van der Waals surface area contributed by atoms with Gasteiger partial charge < -0.3 is 14.3 Å². The Morgan fingerprint density at radius 2 is 1.79 bits per heavy atom. The van der Waals surface area contributed by atoms with Crippen molar-refractivity contribution in [2.45, 2.75) is 0 Å². The van der Waals surface area contributed by atoms with Crippen molar-refractivity contribution in [3.8, 4) is 11.4 Å². The predicted octanol–water partition coefficient (Wildman–Crippen LogP) is 7.17. The van der Waals surface area contributed by atoms with E-state index in [9.17, 15) is 0 Å². The number of ether oxygens (including phenoxy) is 1. The van der Waals surface area contributed by atoms with Crippen LogP contribution in [0.5, 0.6) is 5.75 Å². The molecule has 3 nitrogen and oxygen atoms in total. The van der Waals surface area contributed by atoms with Crippen LogP contribution in [-0.2, 0) is 0 Å². The number of fused-ring (bicyclic) bond motifs is 2. The summed E-state index contributed by atoms with van der Waals surface area (Å²) in [5.41, 5.74) is 3.11. The van der Waals surface area contributed by atoms with Gasteiger partial charge in [0.05, 0.1) is 28.4 Å². The quantitative estimate of drug-likeness (QED) is 0.269. The number of aromatic amines is 1. The minimum atomic E-state index is 0.793. The van der Waals surface area contributed by atoms with Crippen LogP contribution in [0.25, 0.3) is 27.5 Å². The molecule has 0 amide bonds. The molecule has 0 fully saturated rings. The number of nitrogens with zero attached hydrogens (tertiary/aromatic N) is 1. The van der Waals surface area contributed by atoms with E-state index in [1.165, 1.54) is 0 Å². The summed E-state index contributed by atoms with van der Waals surface area (Å²) in [4.78, 5) is 3.28. The van der Waals surface area contributed by atoms with E-state index in [4.69, 9.17) is 4.74 Å². The highest BCUT2D eigenvalue weighted by Gasteiger charge is 2.20. The molecular formula is C17H10Br4N2O. The van der Waals surface area contributed by atoms with Crippen molar-refractivity contribution in [2.24, 2.45) is 0 Å². The zero-order valence-corrected chi connectivity index (χ0v) is 18.7. The molecule has 7 heteroatoms. The fourth-order valence-corrected chi connectivity index (χ4v) is 5.04. The predicted molar refractivity (Wildman–Crippen MR) is 112 cm³/mol. The molecule has 0 radical (unpaired) electrons. The number of hydrogen-bond donors (Lipinski definition) is 1. The van der Waals surface area contributed by atoms with Crippen molar-refractivity contribution >= 4 is 85.5 Å². The maximum atomic E-state index is 5.52. The molecular weight excluding hydrogens is 568 g/mol. The molecule has 2 heterocycles. The van der Waals surface area contributed by atoms with Crippen molar-refractivity contribution in [3.05, 3.63) is 54.6 Å². The van der Waals surface area contributed by atoms with Crippen molar-refractivity contribution in [1.82, 2.24) is 9.55 Å². The van der Waals surface area contributed by atoms with Gasteiger partial charge in [0, 0.05) is 30.4 Å². The summed E-state index contributed by atoms with van der Waals surface area (Å²) in [5.74, 6) is 0.793. The van der Waals surface area contributed by atoms with Gasteiger partial charge in [-0.25, -0.2) is 0 Å². The molecule has 122 valence electrons. The average molecular weight is 578 g/mol. The van der Waals surface area contributed by atoms with E-state index in [0.29, 0.717) is 0 Å². The van der Waals surface area contributed by atoms with Gasteiger partial charge >= 0.3 is 0 Å². The highest BCUT2D eigenvalue weighted by molar-refractivity contribution is 9.11. The molecule has 0 atom stereocenters. The largest absolute Gasteiger partial charge is 0.495 e. The van der Waals surface area contributed by atoms with Gasteiger partial charge in [0.2, 0.25) is 0 Å². The molecule has 24 heavy (non-hydrogen) atoms. The second kappa shape index (κ2) is 6.20. The van der Waals surface area contributed by atoms with Crippen molar-refractivity contribution < 1.29 is 4.74 Å². The number of benzene rings is 2. The van der Waals surface area contributed by atoms with E-state index < -0.39 is 0 Å². The summed E-state index contributed by atoms with van der Waals surface area (Å²) in [6.07, 6.45) is 1.93. The second-order valence-electron chi connectivity index (χ2n) is 5.30. The van der Waals surface area contributed by atoms with Crippen LogP contribution in [0.1, 0.15) is 0 Å². The van der Waals surface area contributed by atoms with Gasteiger partial charge in [-0.3, -0.25) is 0 Å². The smallest absolute Gasteiger partial charge is 0.144 e.